The van der Waals surface area contributed by atoms with E-state index in [9.17, 15) is 0 Å². The van der Waals surface area contributed by atoms with E-state index in [2.05, 4.69) is 59.4 Å². The van der Waals surface area contributed by atoms with Crippen molar-refractivity contribution in [2.24, 2.45) is 0 Å². The molecule has 0 aliphatic heterocycles. The molecule has 0 aliphatic carbocycles. The molecule has 0 spiro atoms. The van der Waals surface area contributed by atoms with Crippen LogP contribution in [0.2, 0.25) is 0 Å². The van der Waals surface area contributed by atoms with Gasteiger partial charge >= 0.3 is 0 Å². The zero-order chi connectivity index (χ0) is 11.8. The lowest BCUT2D eigenvalue weighted by Gasteiger charge is -2.10. The molecule has 16 heavy (non-hydrogen) atoms. The highest BCUT2D eigenvalue weighted by Crippen LogP contribution is 2.15. The summed E-state index contributed by atoms with van der Waals surface area (Å²) in [6.45, 7) is 5.56. The Morgan fingerprint density at radius 2 is 2.00 bits per heavy atom. The molecule has 0 fully saturated rings. The lowest BCUT2D eigenvalue weighted by Crippen LogP contribution is -2.27. The summed E-state index contributed by atoms with van der Waals surface area (Å²) >= 11 is 5.43. The monoisotopic (exact) mass is 301 g/mol. The predicted octanol–water partition coefficient (Wildman–Crippen LogP) is 4.07. The molecule has 1 rings (SSSR count). The molecule has 1 atom stereocenters. The van der Waals surface area contributed by atoms with E-state index in [0.717, 1.165) is 16.8 Å². The number of benzene rings is 1. The standard InChI is InChI=1S/C13H20BrNS/c1-3-11(2)15-8-9-16-10-12-4-6-13(14)7-5-12/h4-7,11,15H,3,8-10H2,1-2H3. The average Bonchev–Trinajstić information content (AvgIpc) is 2.31. The fraction of sp³-hybridized carbons (Fsp3) is 0.538. The molecule has 0 aromatic heterocycles. The summed E-state index contributed by atoms with van der Waals surface area (Å²) in [5.74, 6) is 2.29. The highest BCUT2D eigenvalue weighted by molar-refractivity contribution is 9.10. The normalized spacial score (nSPS) is 12.7. The number of hydrogen-bond acceptors (Lipinski definition) is 2. The third-order valence-corrected chi connectivity index (χ3v) is 4.09. The Kier molecular flexibility index (Phi) is 7.17. The summed E-state index contributed by atoms with van der Waals surface area (Å²) in [6.07, 6.45) is 1.21. The second-order valence-electron chi connectivity index (χ2n) is 3.94. The van der Waals surface area contributed by atoms with Gasteiger partial charge < -0.3 is 5.32 Å². The molecule has 1 N–H and O–H groups in total. The number of rotatable bonds is 7. The lowest BCUT2D eigenvalue weighted by molar-refractivity contribution is 0.555. The summed E-state index contributed by atoms with van der Waals surface area (Å²) < 4.78 is 1.15. The van der Waals surface area contributed by atoms with Crippen molar-refractivity contribution in [1.82, 2.24) is 5.32 Å². The maximum atomic E-state index is 3.50. The minimum absolute atomic E-state index is 0.647. The van der Waals surface area contributed by atoms with E-state index in [1.54, 1.807) is 0 Å². The van der Waals surface area contributed by atoms with Gasteiger partial charge in [-0.1, -0.05) is 35.0 Å². The number of halogens is 1. The quantitative estimate of drug-likeness (QED) is 0.762. The zero-order valence-corrected chi connectivity index (χ0v) is 12.4. The second-order valence-corrected chi connectivity index (χ2v) is 5.96. The third kappa shape index (κ3) is 5.92. The summed E-state index contributed by atoms with van der Waals surface area (Å²) in [7, 11) is 0. The first-order chi connectivity index (χ1) is 7.72. The van der Waals surface area contributed by atoms with Crippen molar-refractivity contribution >= 4 is 27.7 Å². The molecule has 1 unspecified atom stereocenters. The van der Waals surface area contributed by atoms with Crippen LogP contribution in [-0.2, 0) is 5.75 Å². The Morgan fingerprint density at radius 1 is 1.31 bits per heavy atom. The van der Waals surface area contributed by atoms with Gasteiger partial charge in [0.05, 0.1) is 0 Å². The Hall–Kier alpha value is 0.01000. The molecular weight excluding hydrogens is 282 g/mol. The minimum atomic E-state index is 0.647. The molecule has 0 bridgehead atoms. The molecule has 1 aromatic rings. The molecule has 1 aromatic carbocycles. The highest BCUT2D eigenvalue weighted by atomic mass is 79.9. The van der Waals surface area contributed by atoms with Gasteiger partial charge in [-0.15, -0.1) is 0 Å². The van der Waals surface area contributed by atoms with Gasteiger partial charge in [0, 0.05) is 28.6 Å². The van der Waals surface area contributed by atoms with E-state index in [1.165, 1.54) is 17.7 Å². The van der Waals surface area contributed by atoms with Crippen LogP contribution in [0.1, 0.15) is 25.8 Å². The molecule has 0 saturated carbocycles. The van der Waals surface area contributed by atoms with E-state index in [1.807, 2.05) is 11.8 Å². The largest absolute Gasteiger partial charge is 0.313 e. The van der Waals surface area contributed by atoms with Gasteiger partial charge in [0.25, 0.3) is 0 Å². The van der Waals surface area contributed by atoms with Crippen molar-refractivity contribution < 1.29 is 0 Å². The highest BCUT2D eigenvalue weighted by Gasteiger charge is 1.97. The molecule has 1 nitrogen and oxygen atoms in total. The van der Waals surface area contributed by atoms with E-state index < -0.39 is 0 Å². The SMILES string of the molecule is CCC(C)NCCSCc1ccc(Br)cc1. The maximum Gasteiger partial charge on any atom is 0.0185 e. The first-order valence-corrected chi connectivity index (χ1v) is 7.72. The fourth-order valence-electron chi connectivity index (χ4n) is 1.29. The van der Waals surface area contributed by atoms with Crippen LogP contribution in [-0.4, -0.2) is 18.3 Å². The van der Waals surface area contributed by atoms with Gasteiger partial charge in [0.1, 0.15) is 0 Å². The van der Waals surface area contributed by atoms with Crippen LogP contribution in [0.5, 0.6) is 0 Å². The summed E-state index contributed by atoms with van der Waals surface area (Å²) in [4.78, 5) is 0. The van der Waals surface area contributed by atoms with Gasteiger partial charge in [-0.05, 0) is 31.0 Å². The Labute approximate surface area is 112 Å². The van der Waals surface area contributed by atoms with E-state index in [-0.39, 0.29) is 0 Å². The number of nitrogens with one attached hydrogen (secondary N) is 1. The third-order valence-electron chi connectivity index (χ3n) is 2.53. The van der Waals surface area contributed by atoms with Crippen molar-refractivity contribution in [1.29, 1.82) is 0 Å². The maximum absolute atomic E-state index is 3.50. The summed E-state index contributed by atoms with van der Waals surface area (Å²) in [5.41, 5.74) is 1.40. The summed E-state index contributed by atoms with van der Waals surface area (Å²) in [5, 5.41) is 3.50. The molecule has 0 aliphatic rings. The van der Waals surface area contributed by atoms with E-state index in [4.69, 9.17) is 0 Å². The second kappa shape index (κ2) is 8.15. The van der Waals surface area contributed by atoms with Gasteiger partial charge in [-0.3, -0.25) is 0 Å². The first kappa shape index (κ1) is 14.1. The summed E-state index contributed by atoms with van der Waals surface area (Å²) in [6, 6.07) is 9.21. The van der Waals surface area contributed by atoms with Crippen LogP contribution in [0.4, 0.5) is 0 Å². The molecule has 0 heterocycles. The van der Waals surface area contributed by atoms with Gasteiger partial charge in [0.2, 0.25) is 0 Å². The van der Waals surface area contributed by atoms with Crippen LogP contribution in [0.3, 0.4) is 0 Å². The Bertz CT molecular complexity index is 286. The minimum Gasteiger partial charge on any atom is -0.313 e. The molecule has 90 valence electrons. The van der Waals surface area contributed by atoms with Gasteiger partial charge in [-0.25, -0.2) is 0 Å². The van der Waals surface area contributed by atoms with Crippen LogP contribution < -0.4 is 5.32 Å². The predicted molar refractivity (Wildman–Crippen MR) is 78.1 cm³/mol. The topological polar surface area (TPSA) is 12.0 Å². The molecular formula is C13H20BrNS. The first-order valence-electron chi connectivity index (χ1n) is 5.78. The lowest BCUT2D eigenvalue weighted by atomic mass is 10.2. The van der Waals surface area contributed by atoms with Crippen molar-refractivity contribution in [3.05, 3.63) is 34.3 Å². The van der Waals surface area contributed by atoms with Gasteiger partial charge in [-0.2, -0.15) is 11.8 Å². The zero-order valence-electron chi connectivity index (χ0n) is 10.0. The van der Waals surface area contributed by atoms with Crippen LogP contribution in [0, 0.1) is 0 Å². The van der Waals surface area contributed by atoms with Crippen LogP contribution >= 0.6 is 27.7 Å². The van der Waals surface area contributed by atoms with Crippen LogP contribution in [0.15, 0.2) is 28.7 Å². The Morgan fingerprint density at radius 3 is 2.62 bits per heavy atom. The Balaban J connectivity index is 2.09. The fourth-order valence-corrected chi connectivity index (χ4v) is 2.39. The van der Waals surface area contributed by atoms with E-state index in [0.29, 0.717) is 6.04 Å². The van der Waals surface area contributed by atoms with Crippen LogP contribution in [0.25, 0.3) is 0 Å². The average molecular weight is 302 g/mol. The van der Waals surface area contributed by atoms with Crippen molar-refractivity contribution in [3.8, 4) is 0 Å². The molecule has 0 saturated heterocycles. The number of thioether (sulfide) groups is 1. The molecule has 0 radical (unpaired) electrons. The van der Waals surface area contributed by atoms with Gasteiger partial charge in [0.15, 0.2) is 0 Å². The van der Waals surface area contributed by atoms with Crippen molar-refractivity contribution in [2.75, 3.05) is 12.3 Å². The molecule has 0 amide bonds. The van der Waals surface area contributed by atoms with Crippen molar-refractivity contribution in [2.45, 2.75) is 32.1 Å². The van der Waals surface area contributed by atoms with E-state index >= 15 is 0 Å². The number of hydrogen-bond donors (Lipinski definition) is 1. The molecule has 3 heteroatoms. The van der Waals surface area contributed by atoms with Crippen molar-refractivity contribution in [3.63, 3.8) is 0 Å². The smallest absolute Gasteiger partial charge is 0.0185 e.